The Bertz CT molecular complexity index is 1450. The largest absolute Gasteiger partial charge is 0.493 e. The van der Waals surface area contributed by atoms with Gasteiger partial charge in [-0.25, -0.2) is 4.89 Å². The molecule has 0 aliphatic carbocycles. The summed E-state index contributed by atoms with van der Waals surface area (Å²) in [7, 11) is 0. The van der Waals surface area contributed by atoms with E-state index in [1.54, 1.807) is 0 Å². The minimum Gasteiger partial charge on any atom is -0.493 e. The summed E-state index contributed by atoms with van der Waals surface area (Å²) in [5.41, 5.74) is 0.437. The van der Waals surface area contributed by atoms with E-state index in [1.165, 1.54) is 5.48 Å². The van der Waals surface area contributed by atoms with E-state index in [-0.39, 0.29) is 30.8 Å². The van der Waals surface area contributed by atoms with Crippen molar-refractivity contribution in [1.82, 2.24) is 21.3 Å². The van der Waals surface area contributed by atoms with Gasteiger partial charge in [0.2, 0.25) is 17.7 Å². The number of hydrogen-bond donors (Lipinski definition) is 7. The fourth-order valence-electron chi connectivity index (χ4n) is 4.09. The number of benzene rings is 1. The number of terminal acetylenes is 1. The van der Waals surface area contributed by atoms with Gasteiger partial charge in [0.25, 0.3) is 11.6 Å². The number of aliphatic carboxylic acids is 2. The maximum absolute atomic E-state index is 13.4. The topological polar surface area (TPSA) is 278 Å². The lowest BCUT2D eigenvalue weighted by atomic mass is 10.0. The second-order valence-corrected chi connectivity index (χ2v) is 9.77. The Balaban J connectivity index is 2.38. The molecule has 1 heterocycles. The monoisotopic (exact) mass is 661 g/mol. The molecule has 0 fully saturated rings. The molecule has 1 aromatic carbocycles. The van der Waals surface area contributed by atoms with Crippen LogP contribution in [0.2, 0.25) is 0 Å². The standard InChI is InChI=1S/C28H32N6O13/c1-2-3-13-46-47-30-12-5-4-6-19-27(41)33-21(26(40)29-16-24(37)38)11-14-45-22-9-7-17(34(43)44)15-18(22)25(39)31-20(28(42)32-19)8-10-23(35)36/h1,7,9,15,19-21,30H,4-6,8,10-12,14,16H2,(H,29,40)(H,31,39)(H,32,42)(H,33,41)(H,35,36)(H,37,38)/p+1/t19-,20-,21?/m0/s1. The summed E-state index contributed by atoms with van der Waals surface area (Å²) in [5, 5.41) is 39.0. The number of ether oxygens (including phenoxy) is 1. The molecule has 0 saturated carbocycles. The van der Waals surface area contributed by atoms with Gasteiger partial charge in [0.15, 0.2) is 6.11 Å². The summed E-state index contributed by atoms with van der Waals surface area (Å²) in [6.07, 6.45) is 6.52. The highest BCUT2D eigenvalue weighted by atomic mass is 17.3. The number of nitro groups is 1. The van der Waals surface area contributed by atoms with E-state index in [9.17, 15) is 44.0 Å². The van der Waals surface area contributed by atoms with Gasteiger partial charge in [0, 0.05) is 35.9 Å². The van der Waals surface area contributed by atoms with E-state index in [4.69, 9.17) is 21.3 Å². The Morgan fingerprint density at radius 1 is 1.09 bits per heavy atom. The van der Waals surface area contributed by atoms with E-state index in [0.717, 1.165) is 18.2 Å². The van der Waals surface area contributed by atoms with Crippen molar-refractivity contribution in [1.29, 1.82) is 0 Å². The minimum atomic E-state index is -1.51. The van der Waals surface area contributed by atoms with Crippen molar-refractivity contribution < 1.29 is 64.0 Å². The number of amides is 4. The molecule has 3 atom stereocenters. The third-order valence-corrected chi connectivity index (χ3v) is 6.38. The smallest absolute Gasteiger partial charge is 0.322 e. The summed E-state index contributed by atoms with van der Waals surface area (Å²) in [5.74, 6) is -2.31. The molecule has 47 heavy (non-hydrogen) atoms. The second-order valence-electron chi connectivity index (χ2n) is 9.77. The van der Waals surface area contributed by atoms with Gasteiger partial charge in [-0.3, -0.25) is 38.9 Å². The number of rotatable bonds is 14. The summed E-state index contributed by atoms with van der Waals surface area (Å²) in [6.45, 7) is -0.770. The van der Waals surface area contributed by atoms with Crippen LogP contribution in [0.1, 0.15) is 48.9 Å². The molecule has 2 rings (SSSR count). The second kappa shape index (κ2) is 19.5. The fraction of sp³-hybridized carbons (Fsp3) is 0.429. The number of nitrogens with two attached hydrogens (primary N) is 1. The molecule has 0 saturated heterocycles. The number of fused-ring (bicyclic) bond motifs is 1. The highest BCUT2D eigenvalue weighted by Crippen LogP contribution is 2.25. The number of non-ortho nitro benzene ring substituents is 1. The van der Waals surface area contributed by atoms with Gasteiger partial charge in [-0.1, -0.05) is 0 Å². The third-order valence-electron chi connectivity index (χ3n) is 6.38. The fourth-order valence-corrected chi connectivity index (χ4v) is 4.09. The van der Waals surface area contributed by atoms with Crippen LogP contribution in [0.3, 0.4) is 0 Å². The Hall–Kier alpha value is -5.92. The molecule has 1 aliphatic rings. The molecule has 8 N–H and O–H groups in total. The number of unbranched alkanes of at least 4 members (excludes halogenated alkanes) is 1. The van der Waals surface area contributed by atoms with Gasteiger partial charge in [-0.2, -0.15) is 5.48 Å². The SMILES string of the molecule is C#CC#COO[NH2+]CCCC[C@@H]1NC(=O)[C@H](CCC(=O)O)NC(=O)c2cc([N+](=O)[O-])ccc2OCCC(C(=O)NCC(=O)O)NC1=O. The number of hydroxylamine groups is 1. The zero-order valence-electron chi connectivity index (χ0n) is 24.8. The van der Waals surface area contributed by atoms with Gasteiger partial charge >= 0.3 is 11.9 Å². The Labute approximate surface area is 267 Å². The van der Waals surface area contributed by atoms with Crippen molar-refractivity contribution in [2.75, 3.05) is 19.7 Å². The Morgan fingerprint density at radius 3 is 2.49 bits per heavy atom. The van der Waals surface area contributed by atoms with Crippen LogP contribution in [0.15, 0.2) is 18.2 Å². The molecule has 19 nitrogen and oxygen atoms in total. The number of carboxylic acid groups (broad SMARTS) is 2. The molecular formula is C28H33N6O13+. The lowest BCUT2D eigenvalue weighted by Gasteiger charge is -2.26. The van der Waals surface area contributed by atoms with Crippen LogP contribution in [0, 0.1) is 34.5 Å². The Kier molecular flexibility index (Phi) is 15.4. The van der Waals surface area contributed by atoms with Crippen molar-refractivity contribution in [3.05, 3.63) is 33.9 Å². The van der Waals surface area contributed by atoms with E-state index in [0.29, 0.717) is 19.4 Å². The first-order valence-electron chi connectivity index (χ1n) is 14.1. The quantitative estimate of drug-likeness (QED) is 0.0364. The van der Waals surface area contributed by atoms with Crippen LogP contribution in [0.25, 0.3) is 0 Å². The van der Waals surface area contributed by atoms with Crippen LogP contribution >= 0.6 is 0 Å². The number of nitrogens with one attached hydrogen (secondary N) is 4. The summed E-state index contributed by atoms with van der Waals surface area (Å²) in [6, 6.07) is -1.11. The average molecular weight is 662 g/mol. The molecule has 19 heteroatoms. The van der Waals surface area contributed by atoms with E-state index < -0.39 is 83.7 Å². The molecule has 1 aromatic rings. The molecule has 0 radical (unpaired) electrons. The van der Waals surface area contributed by atoms with Crippen molar-refractivity contribution in [2.45, 2.75) is 56.7 Å². The summed E-state index contributed by atoms with van der Waals surface area (Å²) in [4.78, 5) is 95.0. The number of nitrogens with zero attached hydrogens (tertiary/aromatic N) is 1. The predicted octanol–water partition coefficient (Wildman–Crippen LogP) is -2.30. The zero-order chi connectivity index (χ0) is 34.8. The van der Waals surface area contributed by atoms with Gasteiger partial charge in [-0.15, -0.1) is 6.42 Å². The number of carbonyl (C=O) groups is 6. The molecule has 0 spiro atoms. The van der Waals surface area contributed by atoms with Crippen LogP contribution in [-0.4, -0.2) is 88.5 Å². The van der Waals surface area contributed by atoms with Crippen LogP contribution in [-0.2, 0) is 33.8 Å². The summed E-state index contributed by atoms with van der Waals surface area (Å²) >= 11 is 0. The number of carbonyl (C=O) groups excluding carboxylic acids is 4. The number of nitro benzene ring substituents is 1. The molecule has 0 aromatic heterocycles. The number of carboxylic acids is 2. The molecule has 0 bridgehead atoms. The molecule has 4 amide bonds. The van der Waals surface area contributed by atoms with Crippen molar-refractivity contribution in [3.8, 4) is 30.1 Å². The first kappa shape index (κ1) is 37.3. The highest BCUT2D eigenvalue weighted by molar-refractivity contribution is 6.01. The Morgan fingerprint density at radius 2 is 1.81 bits per heavy atom. The normalized spacial score (nSPS) is 18.1. The predicted molar refractivity (Wildman–Crippen MR) is 155 cm³/mol. The lowest BCUT2D eigenvalue weighted by molar-refractivity contribution is -0.960. The van der Waals surface area contributed by atoms with Crippen molar-refractivity contribution >= 4 is 41.3 Å². The van der Waals surface area contributed by atoms with Gasteiger partial charge < -0.3 is 36.2 Å². The van der Waals surface area contributed by atoms with Crippen LogP contribution < -0.4 is 31.5 Å². The summed E-state index contributed by atoms with van der Waals surface area (Å²) < 4.78 is 5.63. The van der Waals surface area contributed by atoms with Crippen molar-refractivity contribution in [2.24, 2.45) is 0 Å². The van der Waals surface area contributed by atoms with Gasteiger partial charge in [-0.05, 0) is 37.7 Å². The first-order chi connectivity index (χ1) is 22.4. The highest BCUT2D eigenvalue weighted by Gasteiger charge is 2.32. The maximum Gasteiger partial charge on any atom is 0.322 e. The van der Waals surface area contributed by atoms with Crippen molar-refractivity contribution in [3.63, 3.8) is 0 Å². The average Bonchev–Trinajstić information content (AvgIpc) is 3.02. The number of quaternary nitrogens is 1. The zero-order valence-corrected chi connectivity index (χ0v) is 24.8. The minimum absolute atomic E-state index is 0.00222. The van der Waals surface area contributed by atoms with Gasteiger partial charge in [0.05, 0.1) is 17.1 Å². The molecular weight excluding hydrogens is 628 g/mol. The molecule has 1 aliphatic heterocycles. The lowest BCUT2D eigenvalue weighted by Crippen LogP contribution is -2.82. The van der Waals surface area contributed by atoms with E-state index >= 15 is 0 Å². The van der Waals surface area contributed by atoms with E-state index in [1.807, 2.05) is 5.92 Å². The van der Waals surface area contributed by atoms with E-state index in [2.05, 4.69) is 38.2 Å². The van der Waals surface area contributed by atoms with Gasteiger partial charge in [0.1, 0.15) is 37.0 Å². The number of hydrogen-bond acceptors (Lipinski definition) is 11. The first-order valence-corrected chi connectivity index (χ1v) is 14.1. The third kappa shape index (κ3) is 13.3. The molecule has 1 unspecified atom stereocenters. The van der Waals surface area contributed by atoms with Crippen LogP contribution in [0.5, 0.6) is 5.75 Å². The molecule has 252 valence electrons. The maximum atomic E-state index is 13.4. The van der Waals surface area contributed by atoms with Crippen LogP contribution in [0.4, 0.5) is 5.69 Å².